The second-order valence-electron chi connectivity index (χ2n) is 4.59. The molecule has 0 bridgehead atoms. The second-order valence-corrected chi connectivity index (χ2v) is 6.44. The van der Waals surface area contributed by atoms with E-state index in [-0.39, 0.29) is 17.7 Å². The first kappa shape index (κ1) is 16.4. The molecule has 0 rings (SSSR count). The summed E-state index contributed by atoms with van der Waals surface area (Å²) in [4.78, 5) is 11.6. The molecule has 102 valence electrons. The highest BCUT2D eigenvalue weighted by Crippen LogP contribution is 2.09. The number of amides is 1. The minimum atomic E-state index is -3.44. The zero-order valence-corrected chi connectivity index (χ0v) is 11.7. The third-order valence-electron chi connectivity index (χ3n) is 2.47. The lowest BCUT2D eigenvalue weighted by molar-refractivity contribution is -0.122. The molecular formula is C11H24N2O3S. The normalized spacial score (nSPS) is 15.3. The average molecular weight is 264 g/mol. The molecule has 0 aliphatic rings. The van der Waals surface area contributed by atoms with Gasteiger partial charge in [0.05, 0.1) is 5.75 Å². The molecule has 2 atom stereocenters. The quantitative estimate of drug-likeness (QED) is 0.684. The van der Waals surface area contributed by atoms with Gasteiger partial charge in [-0.15, -0.1) is 0 Å². The molecular weight excluding hydrogens is 240 g/mol. The molecule has 6 heteroatoms. The fourth-order valence-electron chi connectivity index (χ4n) is 1.45. The molecule has 0 radical (unpaired) electrons. The van der Waals surface area contributed by atoms with Gasteiger partial charge in [-0.2, -0.15) is 0 Å². The minimum Gasteiger partial charge on any atom is -0.328 e. The molecule has 1 amide bonds. The predicted octanol–water partition coefficient (Wildman–Crippen LogP) is 0.996. The fourth-order valence-corrected chi connectivity index (χ4v) is 2.60. The van der Waals surface area contributed by atoms with E-state index >= 15 is 0 Å². The Balaban J connectivity index is 4.06. The van der Waals surface area contributed by atoms with E-state index in [1.165, 1.54) is 0 Å². The SMILES string of the molecule is CCCS(=O)(=O)NC(=O)C(C)CCCC(C)N. The predicted molar refractivity (Wildman–Crippen MR) is 68.9 cm³/mol. The Morgan fingerprint density at radius 3 is 2.35 bits per heavy atom. The molecule has 0 aromatic carbocycles. The van der Waals surface area contributed by atoms with Crippen molar-refractivity contribution in [3.05, 3.63) is 0 Å². The van der Waals surface area contributed by atoms with Crippen molar-refractivity contribution >= 4 is 15.9 Å². The molecule has 0 fully saturated rings. The number of hydrogen-bond acceptors (Lipinski definition) is 4. The van der Waals surface area contributed by atoms with Crippen molar-refractivity contribution in [1.82, 2.24) is 4.72 Å². The summed E-state index contributed by atoms with van der Waals surface area (Å²) < 4.78 is 24.8. The lowest BCUT2D eigenvalue weighted by atomic mass is 10.0. The summed E-state index contributed by atoms with van der Waals surface area (Å²) in [7, 11) is -3.44. The van der Waals surface area contributed by atoms with E-state index in [4.69, 9.17) is 5.73 Å². The summed E-state index contributed by atoms with van der Waals surface area (Å²) in [6, 6.07) is 0.120. The van der Waals surface area contributed by atoms with Gasteiger partial charge < -0.3 is 5.73 Å². The van der Waals surface area contributed by atoms with E-state index in [0.29, 0.717) is 12.8 Å². The molecule has 17 heavy (non-hydrogen) atoms. The lowest BCUT2D eigenvalue weighted by Crippen LogP contribution is -2.36. The highest BCUT2D eigenvalue weighted by Gasteiger charge is 2.18. The third-order valence-corrected chi connectivity index (χ3v) is 3.93. The summed E-state index contributed by atoms with van der Waals surface area (Å²) in [6.45, 7) is 5.41. The highest BCUT2D eigenvalue weighted by molar-refractivity contribution is 7.90. The van der Waals surface area contributed by atoms with Gasteiger partial charge in [-0.05, 0) is 26.2 Å². The van der Waals surface area contributed by atoms with Crippen molar-refractivity contribution < 1.29 is 13.2 Å². The van der Waals surface area contributed by atoms with E-state index in [1.54, 1.807) is 13.8 Å². The monoisotopic (exact) mass is 264 g/mol. The summed E-state index contributed by atoms with van der Waals surface area (Å²) in [5.74, 6) is -0.714. The number of sulfonamides is 1. The summed E-state index contributed by atoms with van der Waals surface area (Å²) in [5.41, 5.74) is 5.60. The van der Waals surface area contributed by atoms with Crippen LogP contribution in [0.2, 0.25) is 0 Å². The Morgan fingerprint density at radius 1 is 1.29 bits per heavy atom. The minimum absolute atomic E-state index is 0.00864. The Labute approximate surface area is 104 Å². The Bertz CT molecular complexity index is 326. The van der Waals surface area contributed by atoms with E-state index in [1.807, 2.05) is 6.92 Å². The van der Waals surface area contributed by atoms with E-state index in [2.05, 4.69) is 4.72 Å². The van der Waals surface area contributed by atoms with Gasteiger partial charge in [0, 0.05) is 12.0 Å². The van der Waals surface area contributed by atoms with Crippen molar-refractivity contribution in [2.45, 2.75) is 52.5 Å². The van der Waals surface area contributed by atoms with Crippen LogP contribution in [0.1, 0.15) is 46.5 Å². The van der Waals surface area contributed by atoms with Gasteiger partial charge in [-0.1, -0.05) is 20.3 Å². The maximum atomic E-state index is 11.6. The molecule has 0 aliphatic carbocycles. The van der Waals surface area contributed by atoms with Crippen LogP contribution in [0.4, 0.5) is 0 Å². The van der Waals surface area contributed by atoms with Crippen molar-refractivity contribution in [2.24, 2.45) is 11.7 Å². The van der Waals surface area contributed by atoms with Crippen molar-refractivity contribution in [1.29, 1.82) is 0 Å². The van der Waals surface area contributed by atoms with Gasteiger partial charge in [0.1, 0.15) is 0 Å². The molecule has 0 heterocycles. The van der Waals surface area contributed by atoms with Gasteiger partial charge in [0.2, 0.25) is 15.9 Å². The van der Waals surface area contributed by atoms with Crippen LogP contribution in [-0.4, -0.2) is 26.1 Å². The smallest absolute Gasteiger partial charge is 0.236 e. The second kappa shape index (κ2) is 7.66. The largest absolute Gasteiger partial charge is 0.328 e. The van der Waals surface area contributed by atoms with Crippen LogP contribution in [0.5, 0.6) is 0 Å². The van der Waals surface area contributed by atoms with Crippen LogP contribution < -0.4 is 10.5 Å². The number of hydrogen-bond donors (Lipinski definition) is 2. The highest BCUT2D eigenvalue weighted by atomic mass is 32.2. The zero-order chi connectivity index (χ0) is 13.5. The van der Waals surface area contributed by atoms with Crippen LogP contribution in [0, 0.1) is 5.92 Å². The first-order chi connectivity index (χ1) is 7.78. The van der Waals surface area contributed by atoms with Crippen molar-refractivity contribution in [3.63, 3.8) is 0 Å². The van der Waals surface area contributed by atoms with Crippen LogP contribution in [0.3, 0.4) is 0 Å². The Hall–Kier alpha value is -0.620. The van der Waals surface area contributed by atoms with Gasteiger partial charge >= 0.3 is 0 Å². The standard InChI is InChI=1S/C11H24N2O3S/c1-4-8-17(15,16)13-11(14)9(2)6-5-7-10(3)12/h9-10H,4-8,12H2,1-3H3,(H,13,14). The van der Waals surface area contributed by atoms with E-state index in [9.17, 15) is 13.2 Å². The molecule has 0 aromatic heterocycles. The molecule has 0 aliphatic heterocycles. The maximum Gasteiger partial charge on any atom is 0.236 e. The summed E-state index contributed by atoms with van der Waals surface area (Å²) in [5, 5.41) is 0. The Kier molecular flexibility index (Phi) is 7.38. The number of carbonyl (C=O) groups excluding carboxylic acids is 1. The van der Waals surface area contributed by atoms with Crippen LogP contribution in [-0.2, 0) is 14.8 Å². The molecule has 3 N–H and O–H groups in total. The van der Waals surface area contributed by atoms with Crippen LogP contribution >= 0.6 is 0 Å². The summed E-state index contributed by atoms with van der Waals surface area (Å²) in [6.07, 6.45) is 2.84. The van der Waals surface area contributed by atoms with E-state index in [0.717, 1.165) is 12.8 Å². The van der Waals surface area contributed by atoms with Crippen LogP contribution in [0.25, 0.3) is 0 Å². The number of nitrogens with two attached hydrogens (primary N) is 1. The molecule has 2 unspecified atom stereocenters. The average Bonchev–Trinajstić information content (AvgIpc) is 2.15. The van der Waals surface area contributed by atoms with Gasteiger partial charge in [-0.25, -0.2) is 8.42 Å². The van der Waals surface area contributed by atoms with Gasteiger partial charge in [-0.3, -0.25) is 9.52 Å². The van der Waals surface area contributed by atoms with Crippen LogP contribution in [0.15, 0.2) is 0 Å². The van der Waals surface area contributed by atoms with E-state index < -0.39 is 15.9 Å². The van der Waals surface area contributed by atoms with Crippen molar-refractivity contribution in [2.75, 3.05) is 5.75 Å². The lowest BCUT2D eigenvalue weighted by Gasteiger charge is -2.12. The molecule has 0 aromatic rings. The molecule has 5 nitrogen and oxygen atoms in total. The topological polar surface area (TPSA) is 89.3 Å². The zero-order valence-electron chi connectivity index (χ0n) is 10.9. The molecule has 0 spiro atoms. The van der Waals surface area contributed by atoms with Gasteiger partial charge in [0.15, 0.2) is 0 Å². The number of carbonyl (C=O) groups is 1. The fraction of sp³-hybridized carbons (Fsp3) is 0.909. The maximum absolute atomic E-state index is 11.6. The first-order valence-corrected chi connectivity index (χ1v) is 7.73. The molecule has 0 saturated carbocycles. The first-order valence-electron chi connectivity index (χ1n) is 6.08. The van der Waals surface area contributed by atoms with Crippen molar-refractivity contribution in [3.8, 4) is 0 Å². The Morgan fingerprint density at radius 2 is 1.88 bits per heavy atom. The number of nitrogens with one attached hydrogen (secondary N) is 1. The summed E-state index contributed by atoms with van der Waals surface area (Å²) >= 11 is 0. The molecule has 0 saturated heterocycles. The number of rotatable bonds is 8. The third kappa shape index (κ3) is 8.15. The van der Waals surface area contributed by atoms with Gasteiger partial charge in [0.25, 0.3) is 0 Å².